The number of hydrogen-bond acceptors (Lipinski definition) is 6. The van der Waals surface area contributed by atoms with Crippen LogP contribution in [0.3, 0.4) is 0 Å². The van der Waals surface area contributed by atoms with Crippen molar-refractivity contribution in [3.05, 3.63) is 81.0 Å². The van der Waals surface area contributed by atoms with Crippen molar-refractivity contribution >= 4 is 80.3 Å². The Labute approximate surface area is 219 Å². The van der Waals surface area contributed by atoms with Crippen LogP contribution in [0.1, 0.15) is 23.7 Å². The molecule has 2 amide bonds. The molecule has 2 heterocycles. The van der Waals surface area contributed by atoms with Gasteiger partial charge in [-0.05, 0) is 54.3 Å². The molecule has 2 aromatic heterocycles. The highest BCUT2D eigenvalue weighted by Crippen LogP contribution is 2.31. The zero-order chi connectivity index (χ0) is 24.1. The van der Waals surface area contributed by atoms with E-state index in [-0.39, 0.29) is 22.1 Å². The van der Waals surface area contributed by atoms with E-state index in [1.807, 2.05) is 48.0 Å². The van der Waals surface area contributed by atoms with Crippen LogP contribution in [0.2, 0.25) is 10.0 Å². The molecule has 2 N–H and O–H groups in total. The van der Waals surface area contributed by atoms with Gasteiger partial charge in [0.15, 0.2) is 5.13 Å². The van der Waals surface area contributed by atoms with Crippen LogP contribution in [0, 0.1) is 0 Å². The molecule has 0 saturated heterocycles. The quantitative estimate of drug-likeness (QED) is 0.219. The van der Waals surface area contributed by atoms with Gasteiger partial charge in [0.25, 0.3) is 5.91 Å². The second-order valence-corrected chi connectivity index (χ2v) is 11.1. The first-order valence-electron chi connectivity index (χ1n) is 10.3. The predicted molar refractivity (Wildman–Crippen MR) is 145 cm³/mol. The molecule has 0 aliphatic rings. The van der Waals surface area contributed by atoms with E-state index in [4.69, 9.17) is 23.2 Å². The summed E-state index contributed by atoms with van der Waals surface area (Å²) < 4.78 is 0. The summed E-state index contributed by atoms with van der Waals surface area (Å²) in [5, 5.41) is 10.7. The molecular formula is C24H19Cl2N3O2S3. The number of carbonyl (C=O) groups excluding carboxylic acids is 2. The van der Waals surface area contributed by atoms with Gasteiger partial charge in [-0.1, -0.05) is 42.3 Å². The van der Waals surface area contributed by atoms with Crippen LogP contribution >= 0.6 is 57.6 Å². The van der Waals surface area contributed by atoms with Crippen molar-refractivity contribution in [2.45, 2.75) is 23.5 Å². The van der Waals surface area contributed by atoms with Gasteiger partial charge in [-0.3, -0.25) is 9.59 Å². The second kappa shape index (κ2) is 11.4. The zero-order valence-electron chi connectivity index (χ0n) is 17.9. The van der Waals surface area contributed by atoms with Crippen LogP contribution in [-0.2, 0) is 4.79 Å². The lowest BCUT2D eigenvalue weighted by atomic mass is 10.2. The molecule has 0 bridgehead atoms. The highest BCUT2D eigenvalue weighted by atomic mass is 35.5. The van der Waals surface area contributed by atoms with Crippen molar-refractivity contribution in [3.63, 3.8) is 0 Å². The number of benzene rings is 2. The maximum atomic E-state index is 12.9. The molecule has 4 aromatic rings. The third-order valence-corrected chi connectivity index (χ3v) is 8.27. The standard InChI is InChI=1S/C24H19Cl2N3O2S3/c1-2-20(23(31)29-24-28-19(13-33-24)21-7-4-10-32-21)34-16-6-3-5-15(12-16)27-22(30)17-9-8-14(25)11-18(17)26/h3-13,20H,2H2,1H3,(H,27,30)(H,28,29,31). The van der Waals surface area contributed by atoms with Crippen LogP contribution in [-0.4, -0.2) is 22.0 Å². The van der Waals surface area contributed by atoms with Gasteiger partial charge >= 0.3 is 0 Å². The molecule has 174 valence electrons. The number of rotatable bonds is 8. The number of carbonyl (C=O) groups is 2. The van der Waals surface area contributed by atoms with E-state index in [2.05, 4.69) is 15.6 Å². The number of thioether (sulfide) groups is 1. The van der Waals surface area contributed by atoms with E-state index in [0.29, 0.717) is 27.8 Å². The Hall–Kier alpha value is -2.36. The zero-order valence-corrected chi connectivity index (χ0v) is 21.8. The summed E-state index contributed by atoms with van der Waals surface area (Å²) in [6.45, 7) is 1.96. The summed E-state index contributed by atoms with van der Waals surface area (Å²) >= 11 is 16.5. The summed E-state index contributed by atoms with van der Waals surface area (Å²) in [6.07, 6.45) is 0.636. The molecule has 5 nitrogen and oxygen atoms in total. The average molecular weight is 549 g/mol. The third kappa shape index (κ3) is 6.20. The monoisotopic (exact) mass is 547 g/mol. The summed E-state index contributed by atoms with van der Waals surface area (Å²) in [4.78, 5) is 32.0. The Morgan fingerprint density at radius 1 is 1.06 bits per heavy atom. The maximum Gasteiger partial charge on any atom is 0.257 e. The normalized spacial score (nSPS) is 11.7. The van der Waals surface area contributed by atoms with Gasteiger partial charge in [0, 0.05) is 21.0 Å². The molecule has 1 atom stereocenters. The average Bonchev–Trinajstić information content (AvgIpc) is 3.49. The van der Waals surface area contributed by atoms with Crippen LogP contribution < -0.4 is 10.6 Å². The highest BCUT2D eigenvalue weighted by molar-refractivity contribution is 8.00. The number of nitrogens with one attached hydrogen (secondary N) is 2. The van der Waals surface area contributed by atoms with Gasteiger partial charge in [-0.25, -0.2) is 4.98 Å². The van der Waals surface area contributed by atoms with E-state index in [9.17, 15) is 9.59 Å². The van der Waals surface area contributed by atoms with Crippen LogP contribution in [0.15, 0.2) is 70.3 Å². The number of anilines is 2. The fourth-order valence-corrected chi connectivity index (χ4v) is 6.04. The first-order chi connectivity index (χ1) is 16.4. The van der Waals surface area contributed by atoms with Crippen molar-refractivity contribution < 1.29 is 9.59 Å². The molecule has 4 rings (SSSR count). The predicted octanol–water partition coefficient (Wildman–Crippen LogP) is 7.94. The number of thiophene rings is 1. The van der Waals surface area contributed by atoms with E-state index in [0.717, 1.165) is 15.5 Å². The first-order valence-corrected chi connectivity index (χ1v) is 13.7. The fourth-order valence-electron chi connectivity index (χ4n) is 3.06. The van der Waals surface area contributed by atoms with Crippen LogP contribution in [0.4, 0.5) is 10.8 Å². The number of thiazole rings is 1. The number of halogens is 2. The molecule has 1 unspecified atom stereocenters. The van der Waals surface area contributed by atoms with Crippen molar-refractivity contribution in [2.24, 2.45) is 0 Å². The van der Waals surface area contributed by atoms with E-state index in [1.165, 1.54) is 29.2 Å². The maximum absolute atomic E-state index is 12.9. The SMILES string of the molecule is CCC(Sc1cccc(NC(=O)c2ccc(Cl)cc2Cl)c1)C(=O)Nc1nc(-c2cccs2)cs1. The molecule has 0 spiro atoms. The molecular weight excluding hydrogens is 529 g/mol. The van der Waals surface area contributed by atoms with Crippen molar-refractivity contribution in [2.75, 3.05) is 10.6 Å². The lowest BCUT2D eigenvalue weighted by Crippen LogP contribution is -2.24. The van der Waals surface area contributed by atoms with Gasteiger partial charge in [0.1, 0.15) is 0 Å². The minimum atomic E-state index is -0.334. The minimum absolute atomic E-state index is 0.109. The van der Waals surface area contributed by atoms with E-state index in [1.54, 1.807) is 29.5 Å². The van der Waals surface area contributed by atoms with E-state index < -0.39 is 0 Å². The van der Waals surface area contributed by atoms with Crippen LogP contribution in [0.5, 0.6) is 0 Å². The number of amides is 2. The lowest BCUT2D eigenvalue weighted by molar-refractivity contribution is -0.115. The second-order valence-electron chi connectivity index (χ2n) is 7.13. The summed E-state index contributed by atoms with van der Waals surface area (Å²) in [7, 11) is 0. The topological polar surface area (TPSA) is 71.1 Å². The molecule has 0 aliphatic carbocycles. The summed E-state index contributed by atoms with van der Waals surface area (Å²) in [6, 6.07) is 16.1. The Morgan fingerprint density at radius 2 is 1.91 bits per heavy atom. The van der Waals surface area contributed by atoms with Gasteiger partial charge < -0.3 is 10.6 Å². The third-order valence-electron chi connectivity index (χ3n) is 4.72. The van der Waals surface area contributed by atoms with Gasteiger partial charge in [0.05, 0.1) is 26.4 Å². The Bertz CT molecular complexity index is 1310. The number of hydrogen-bond donors (Lipinski definition) is 2. The van der Waals surface area contributed by atoms with Crippen molar-refractivity contribution in [1.29, 1.82) is 0 Å². The van der Waals surface area contributed by atoms with Crippen LogP contribution in [0.25, 0.3) is 10.6 Å². The van der Waals surface area contributed by atoms with Crippen molar-refractivity contribution in [1.82, 2.24) is 4.98 Å². The minimum Gasteiger partial charge on any atom is -0.322 e. The Morgan fingerprint density at radius 3 is 2.65 bits per heavy atom. The molecule has 10 heteroatoms. The first kappa shape index (κ1) is 24.8. The van der Waals surface area contributed by atoms with Crippen molar-refractivity contribution in [3.8, 4) is 10.6 Å². The molecule has 0 fully saturated rings. The number of aromatic nitrogens is 1. The molecule has 0 radical (unpaired) electrons. The van der Waals surface area contributed by atoms with E-state index >= 15 is 0 Å². The highest BCUT2D eigenvalue weighted by Gasteiger charge is 2.20. The Balaban J connectivity index is 1.40. The fraction of sp³-hybridized carbons (Fsp3) is 0.125. The van der Waals surface area contributed by atoms with Gasteiger partial charge in [-0.15, -0.1) is 34.4 Å². The Kier molecular flexibility index (Phi) is 8.28. The van der Waals surface area contributed by atoms with Gasteiger partial charge in [0.2, 0.25) is 5.91 Å². The van der Waals surface area contributed by atoms with Gasteiger partial charge in [-0.2, -0.15) is 0 Å². The lowest BCUT2D eigenvalue weighted by Gasteiger charge is -2.14. The molecule has 2 aromatic carbocycles. The molecule has 0 saturated carbocycles. The molecule has 0 aliphatic heterocycles. The summed E-state index contributed by atoms with van der Waals surface area (Å²) in [5.74, 6) is -0.444. The summed E-state index contributed by atoms with van der Waals surface area (Å²) in [5.41, 5.74) is 1.80. The smallest absolute Gasteiger partial charge is 0.257 e. The number of nitrogens with zero attached hydrogens (tertiary/aromatic N) is 1. The molecule has 34 heavy (non-hydrogen) atoms. The largest absolute Gasteiger partial charge is 0.322 e.